The number of nitrogens with zero attached hydrogens (tertiary/aromatic N) is 2. The Morgan fingerprint density at radius 1 is 1.25 bits per heavy atom. The minimum Gasteiger partial charge on any atom is -0.357 e. The third-order valence-electron chi connectivity index (χ3n) is 3.02. The van der Waals surface area contributed by atoms with Crippen molar-refractivity contribution in [2.24, 2.45) is 4.99 Å². The predicted molar refractivity (Wildman–Crippen MR) is 97.1 cm³/mol. The van der Waals surface area contributed by atoms with Crippen molar-refractivity contribution in [3.05, 3.63) is 53.3 Å². The van der Waals surface area contributed by atoms with Crippen molar-refractivity contribution in [1.29, 1.82) is 0 Å². The topological polar surface area (TPSA) is 65.1 Å². The molecule has 0 saturated heterocycles. The Labute approximate surface area is 155 Å². The summed E-state index contributed by atoms with van der Waals surface area (Å²) in [4.78, 5) is 4.30. The third kappa shape index (κ3) is 6.38. The molecule has 1 aromatic heterocycles. The van der Waals surface area contributed by atoms with Gasteiger partial charge < -0.3 is 10.6 Å². The smallest absolute Gasteiger partial charge is 0.357 e. The van der Waals surface area contributed by atoms with E-state index in [9.17, 15) is 13.2 Å². The van der Waals surface area contributed by atoms with Crippen molar-refractivity contribution in [2.75, 3.05) is 6.54 Å². The maximum Gasteiger partial charge on any atom is 0.416 e. The van der Waals surface area contributed by atoms with E-state index in [-0.39, 0.29) is 30.5 Å². The van der Waals surface area contributed by atoms with Crippen LogP contribution in [0.25, 0.3) is 0 Å². The molecule has 0 radical (unpaired) electrons. The molecule has 0 aliphatic rings. The number of aliphatic imine (C=N–C) groups is 1. The second-order valence-electron chi connectivity index (χ2n) is 4.83. The summed E-state index contributed by atoms with van der Waals surface area (Å²) >= 11 is 0. The first-order chi connectivity index (χ1) is 11.0. The standard InChI is InChI=1S/C15H18F3N5.HI/c1-2-19-14(21-10-13-6-7-22-23-13)20-9-11-4-3-5-12(8-11)15(16,17)18;/h3-8H,2,9-10H2,1H3,(H,22,23)(H2,19,20,21);1H. The van der Waals surface area contributed by atoms with Gasteiger partial charge in [0.15, 0.2) is 5.96 Å². The summed E-state index contributed by atoms with van der Waals surface area (Å²) in [6.07, 6.45) is -2.70. The molecule has 2 rings (SSSR count). The summed E-state index contributed by atoms with van der Waals surface area (Å²) in [5.41, 5.74) is 0.717. The Balaban J connectivity index is 0.00000288. The van der Waals surface area contributed by atoms with Crippen LogP contribution in [0.15, 0.2) is 41.5 Å². The van der Waals surface area contributed by atoms with Gasteiger partial charge in [-0.2, -0.15) is 18.3 Å². The Hall–Kier alpha value is -1.78. The van der Waals surface area contributed by atoms with Crippen LogP contribution in [-0.2, 0) is 19.3 Å². The van der Waals surface area contributed by atoms with Crippen LogP contribution < -0.4 is 10.6 Å². The highest BCUT2D eigenvalue weighted by atomic mass is 127. The van der Waals surface area contributed by atoms with E-state index in [1.165, 1.54) is 6.07 Å². The molecule has 0 aliphatic carbocycles. The number of hydrogen-bond donors (Lipinski definition) is 3. The molecule has 5 nitrogen and oxygen atoms in total. The SMILES string of the molecule is CCNC(=NCc1cccc(C(F)(F)F)c1)NCc1ccn[nH]1.I. The Bertz CT molecular complexity index is 641. The van der Waals surface area contributed by atoms with Crippen LogP contribution in [0, 0.1) is 0 Å². The normalized spacial score (nSPS) is 11.8. The molecule has 1 heterocycles. The van der Waals surface area contributed by atoms with Gasteiger partial charge in [-0.15, -0.1) is 24.0 Å². The highest BCUT2D eigenvalue weighted by Crippen LogP contribution is 2.29. The van der Waals surface area contributed by atoms with Crippen molar-refractivity contribution in [1.82, 2.24) is 20.8 Å². The van der Waals surface area contributed by atoms with E-state index in [0.717, 1.165) is 17.8 Å². The van der Waals surface area contributed by atoms with Crippen molar-refractivity contribution in [2.45, 2.75) is 26.2 Å². The fourth-order valence-electron chi connectivity index (χ4n) is 1.92. The molecule has 3 N–H and O–H groups in total. The molecular formula is C15H19F3IN5. The number of rotatable bonds is 5. The molecule has 9 heteroatoms. The molecule has 0 amide bonds. The van der Waals surface area contributed by atoms with Crippen molar-refractivity contribution in [3.8, 4) is 0 Å². The van der Waals surface area contributed by atoms with Crippen molar-refractivity contribution >= 4 is 29.9 Å². The van der Waals surface area contributed by atoms with Gasteiger partial charge in [0.1, 0.15) is 0 Å². The summed E-state index contributed by atoms with van der Waals surface area (Å²) in [5.74, 6) is 0.527. The zero-order valence-corrected chi connectivity index (χ0v) is 15.4. The van der Waals surface area contributed by atoms with Crippen LogP contribution >= 0.6 is 24.0 Å². The largest absolute Gasteiger partial charge is 0.416 e. The van der Waals surface area contributed by atoms with Gasteiger partial charge >= 0.3 is 6.18 Å². The van der Waals surface area contributed by atoms with E-state index in [4.69, 9.17) is 0 Å². The van der Waals surface area contributed by atoms with Crippen LogP contribution in [0.2, 0.25) is 0 Å². The number of aromatic amines is 1. The monoisotopic (exact) mass is 453 g/mol. The number of H-pyrrole nitrogens is 1. The molecule has 0 saturated carbocycles. The van der Waals surface area contributed by atoms with Crippen LogP contribution in [0.1, 0.15) is 23.7 Å². The van der Waals surface area contributed by atoms with E-state index in [1.807, 2.05) is 13.0 Å². The van der Waals surface area contributed by atoms with E-state index < -0.39 is 11.7 Å². The number of alkyl halides is 3. The Kier molecular flexibility index (Phi) is 8.02. The summed E-state index contributed by atoms with van der Waals surface area (Å²) in [6.45, 7) is 3.21. The Morgan fingerprint density at radius 3 is 2.67 bits per heavy atom. The summed E-state index contributed by atoms with van der Waals surface area (Å²) < 4.78 is 38.1. The minimum atomic E-state index is -4.34. The molecule has 2 aromatic rings. The van der Waals surface area contributed by atoms with Gasteiger partial charge in [0, 0.05) is 12.7 Å². The lowest BCUT2D eigenvalue weighted by Gasteiger charge is -2.11. The van der Waals surface area contributed by atoms with E-state index in [1.54, 1.807) is 12.3 Å². The van der Waals surface area contributed by atoms with E-state index >= 15 is 0 Å². The van der Waals surface area contributed by atoms with Gasteiger partial charge in [0.25, 0.3) is 0 Å². The first kappa shape index (κ1) is 20.3. The molecule has 1 aromatic carbocycles. The zero-order valence-electron chi connectivity index (χ0n) is 13.0. The van der Waals surface area contributed by atoms with Crippen molar-refractivity contribution < 1.29 is 13.2 Å². The van der Waals surface area contributed by atoms with Gasteiger partial charge in [0.05, 0.1) is 24.3 Å². The van der Waals surface area contributed by atoms with Gasteiger partial charge in [0.2, 0.25) is 0 Å². The summed E-state index contributed by atoms with van der Waals surface area (Å²) in [7, 11) is 0. The minimum absolute atomic E-state index is 0. The molecule has 132 valence electrons. The van der Waals surface area contributed by atoms with Gasteiger partial charge in [-0.25, -0.2) is 4.99 Å². The van der Waals surface area contributed by atoms with Gasteiger partial charge in [-0.05, 0) is 30.7 Å². The first-order valence-electron chi connectivity index (χ1n) is 7.15. The zero-order chi connectivity index (χ0) is 16.7. The molecule has 0 fully saturated rings. The van der Waals surface area contributed by atoms with E-state index in [0.29, 0.717) is 24.6 Å². The van der Waals surface area contributed by atoms with Crippen molar-refractivity contribution in [3.63, 3.8) is 0 Å². The Morgan fingerprint density at radius 2 is 2.04 bits per heavy atom. The van der Waals surface area contributed by atoms with Crippen LogP contribution in [0.4, 0.5) is 13.2 Å². The quantitative estimate of drug-likeness (QED) is 0.370. The van der Waals surface area contributed by atoms with E-state index in [2.05, 4.69) is 25.8 Å². The fraction of sp³-hybridized carbons (Fsp3) is 0.333. The lowest BCUT2D eigenvalue weighted by molar-refractivity contribution is -0.137. The van der Waals surface area contributed by atoms with Crippen LogP contribution in [0.3, 0.4) is 0 Å². The van der Waals surface area contributed by atoms with Crippen LogP contribution in [0.5, 0.6) is 0 Å². The van der Waals surface area contributed by atoms with Gasteiger partial charge in [-0.3, -0.25) is 5.10 Å². The second kappa shape index (κ2) is 9.50. The molecule has 24 heavy (non-hydrogen) atoms. The number of halogens is 4. The summed E-state index contributed by atoms with van der Waals surface area (Å²) in [6, 6.07) is 7.00. The first-order valence-corrected chi connectivity index (χ1v) is 7.15. The molecular weight excluding hydrogens is 434 g/mol. The molecule has 0 atom stereocenters. The molecule has 0 spiro atoms. The second-order valence-corrected chi connectivity index (χ2v) is 4.83. The highest BCUT2D eigenvalue weighted by Gasteiger charge is 2.30. The maximum atomic E-state index is 12.7. The third-order valence-corrected chi connectivity index (χ3v) is 3.02. The number of aromatic nitrogens is 2. The average Bonchev–Trinajstić information content (AvgIpc) is 3.03. The fourth-order valence-corrected chi connectivity index (χ4v) is 1.92. The number of nitrogens with one attached hydrogen (secondary N) is 3. The highest BCUT2D eigenvalue weighted by molar-refractivity contribution is 14.0. The predicted octanol–water partition coefficient (Wildman–Crippen LogP) is 3.30. The number of benzene rings is 1. The molecule has 0 bridgehead atoms. The lowest BCUT2D eigenvalue weighted by atomic mass is 10.1. The lowest BCUT2D eigenvalue weighted by Crippen LogP contribution is -2.36. The number of guanidine groups is 1. The average molecular weight is 453 g/mol. The van der Waals surface area contributed by atoms with Crippen LogP contribution in [-0.4, -0.2) is 22.7 Å². The van der Waals surface area contributed by atoms with Gasteiger partial charge in [-0.1, -0.05) is 12.1 Å². The maximum absolute atomic E-state index is 12.7. The molecule has 0 unspecified atom stereocenters. The number of hydrogen-bond acceptors (Lipinski definition) is 2. The molecule has 0 aliphatic heterocycles. The summed E-state index contributed by atoms with van der Waals surface area (Å²) in [5, 5.41) is 12.8.